The predicted molar refractivity (Wildman–Crippen MR) is 93.3 cm³/mol. The molecule has 0 aliphatic carbocycles. The maximum absolute atomic E-state index is 12.4. The first kappa shape index (κ1) is 16.6. The second kappa shape index (κ2) is 7.57. The van der Waals surface area contributed by atoms with Gasteiger partial charge in [-0.05, 0) is 48.9 Å². The SMILES string of the molecule is CCN(Cc1ccc2c(c1)OCO2)C(=O)COc1ccc(Br)cc1. The number of amides is 1. The van der Waals surface area contributed by atoms with Gasteiger partial charge in [-0.25, -0.2) is 0 Å². The fourth-order valence-electron chi connectivity index (χ4n) is 2.40. The van der Waals surface area contributed by atoms with E-state index >= 15 is 0 Å². The van der Waals surface area contributed by atoms with E-state index < -0.39 is 0 Å². The highest BCUT2D eigenvalue weighted by atomic mass is 79.9. The van der Waals surface area contributed by atoms with Crippen LogP contribution in [-0.4, -0.2) is 30.8 Å². The van der Waals surface area contributed by atoms with Gasteiger partial charge in [-0.3, -0.25) is 4.79 Å². The molecule has 1 aliphatic rings. The molecule has 0 unspecified atom stereocenters. The van der Waals surface area contributed by atoms with Gasteiger partial charge >= 0.3 is 0 Å². The first-order chi connectivity index (χ1) is 11.7. The van der Waals surface area contributed by atoms with Gasteiger partial charge in [0.25, 0.3) is 5.91 Å². The zero-order valence-electron chi connectivity index (χ0n) is 13.3. The second-order valence-electron chi connectivity index (χ2n) is 5.34. The number of ether oxygens (including phenoxy) is 3. The van der Waals surface area contributed by atoms with E-state index in [1.54, 1.807) is 4.90 Å². The number of halogens is 1. The van der Waals surface area contributed by atoms with E-state index in [1.165, 1.54) is 0 Å². The number of carbonyl (C=O) groups excluding carboxylic acids is 1. The third-order valence-corrected chi connectivity index (χ3v) is 4.25. The smallest absolute Gasteiger partial charge is 0.260 e. The van der Waals surface area contributed by atoms with Gasteiger partial charge in [0.1, 0.15) is 5.75 Å². The molecule has 1 heterocycles. The Labute approximate surface area is 149 Å². The van der Waals surface area contributed by atoms with Gasteiger partial charge in [-0.2, -0.15) is 0 Å². The van der Waals surface area contributed by atoms with Crippen LogP contribution in [0.1, 0.15) is 12.5 Å². The fraction of sp³-hybridized carbons (Fsp3) is 0.278. The molecule has 2 aromatic carbocycles. The fourth-order valence-corrected chi connectivity index (χ4v) is 2.67. The van der Waals surface area contributed by atoms with E-state index in [9.17, 15) is 4.79 Å². The highest BCUT2D eigenvalue weighted by molar-refractivity contribution is 9.10. The molecule has 3 rings (SSSR count). The van der Waals surface area contributed by atoms with Gasteiger partial charge in [0, 0.05) is 17.6 Å². The molecule has 2 aromatic rings. The van der Waals surface area contributed by atoms with E-state index in [0.717, 1.165) is 21.5 Å². The summed E-state index contributed by atoms with van der Waals surface area (Å²) in [5.74, 6) is 2.08. The Balaban J connectivity index is 1.58. The lowest BCUT2D eigenvalue weighted by atomic mass is 10.2. The molecule has 0 radical (unpaired) electrons. The zero-order valence-corrected chi connectivity index (χ0v) is 14.9. The largest absolute Gasteiger partial charge is 0.484 e. The number of likely N-dealkylation sites (N-methyl/N-ethyl adjacent to an activating group) is 1. The van der Waals surface area contributed by atoms with Crippen molar-refractivity contribution in [3.8, 4) is 17.2 Å². The second-order valence-corrected chi connectivity index (χ2v) is 6.25. The molecule has 0 fully saturated rings. The number of carbonyl (C=O) groups is 1. The lowest BCUT2D eigenvalue weighted by Gasteiger charge is -2.21. The van der Waals surface area contributed by atoms with Crippen molar-refractivity contribution in [3.05, 3.63) is 52.5 Å². The predicted octanol–water partition coefficient (Wildman–Crippen LogP) is 3.61. The molecule has 0 atom stereocenters. The monoisotopic (exact) mass is 391 g/mol. The van der Waals surface area contributed by atoms with Gasteiger partial charge in [0.05, 0.1) is 0 Å². The minimum Gasteiger partial charge on any atom is -0.484 e. The summed E-state index contributed by atoms with van der Waals surface area (Å²) in [6, 6.07) is 13.1. The normalized spacial score (nSPS) is 12.1. The van der Waals surface area contributed by atoms with Crippen LogP contribution in [0.2, 0.25) is 0 Å². The highest BCUT2D eigenvalue weighted by Gasteiger charge is 2.17. The molecule has 1 amide bonds. The minimum absolute atomic E-state index is 0.0139. The van der Waals surface area contributed by atoms with Crippen molar-refractivity contribution < 1.29 is 19.0 Å². The Kier molecular flexibility index (Phi) is 5.25. The molecule has 24 heavy (non-hydrogen) atoms. The van der Waals surface area contributed by atoms with Crippen LogP contribution in [-0.2, 0) is 11.3 Å². The molecule has 0 saturated heterocycles. The molecule has 5 nitrogen and oxygen atoms in total. The molecule has 0 aromatic heterocycles. The Morgan fingerprint density at radius 1 is 1.17 bits per heavy atom. The molecule has 6 heteroatoms. The number of hydrogen-bond acceptors (Lipinski definition) is 4. The van der Waals surface area contributed by atoms with Crippen molar-refractivity contribution in [3.63, 3.8) is 0 Å². The van der Waals surface area contributed by atoms with Gasteiger partial charge in [0.15, 0.2) is 18.1 Å². The first-order valence-electron chi connectivity index (χ1n) is 7.70. The van der Waals surface area contributed by atoms with Crippen molar-refractivity contribution in [1.82, 2.24) is 4.90 Å². The summed E-state index contributed by atoms with van der Waals surface area (Å²) in [6.07, 6.45) is 0. The van der Waals surface area contributed by atoms with Crippen molar-refractivity contribution in [2.75, 3.05) is 19.9 Å². The average molecular weight is 392 g/mol. The summed E-state index contributed by atoms with van der Waals surface area (Å²) in [5.41, 5.74) is 0.998. The summed E-state index contributed by atoms with van der Waals surface area (Å²) < 4.78 is 17.2. The van der Waals surface area contributed by atoms with Gasteiger partial charge in [-0.15, -0.1) is 0 Å². The summed E-state index contributed by atoms with van der Waals surface area (Å²) >= 11 is 3.37. The van der Waals surface area contributed by atoms with Crippen LogP contribution in [0.5, 0.6) is 17.2 Å². The highest BCUT2D eigenvalue weighted by Crippen LogP contribution is 2.32. The van der Waals surface area contributed by atoms with Crippen molar-refractivity contribution in [2.24, 2.45) is 0 Å². The lowest BCUT2D eigenvalue weighted by molar-refractivity contribution is -0.133. The van der Waals surface area contributed by atoms with E-state index in [2.05, 4.69) is 15.9 Å². The van der Waals surface area contributed by atoms with Crippen molar-refractivity contribution >= 4 is 21.8 Å². The molecule has 0 bridgehead atoms. The number of nitrogens with zero attached hydrogens (tertiary/aromatic N) is 1. The van der Waals surface area contributed by atoms with E-state index in [0.29, 0.717) is 18.8 Å². The van der Waals surface area contributed by atoms with Crippen LogP contribution in [0.15, 0.2) is 46.9 Å². The molecule has 126 valence electrons. The van der Waals surface area contributed by atoms with Crippen LogP contribution < -0.4 is 14.2 Å². The van der Waals surface area contributed by atoms with E-state index in [-0.39, 0.29) is 19.3 Å². The quantitative estimate of drug-likeness (QED) is 0.754. The number of rotatable bonds is 6. The molecule has 0 saturated carbocycles. The Morgan fingerprint density at radius 2 is 1.92 bits per heavy atom. The van der Waals surface area contributed by atoms with Crippen LogP contribution in [0.4, 0.5) is 0 Å². The van der Waals surface area contributed by atoms with Gasteiger partial charge < -0.3 is 19.1 Å². The summed E-state index contributed by atoms with van der Waals surface area (Å²) in [7, 11) is 0. The third-order valence-electron chi connectivity index (χ3n) is 3.72. The van der Waals surface area contributed by atoms with Crippen molar-refractivity contribution in [1.29, 1.82) is 0 Å². The Bertz CT molecular complexity index is 717. The first-order valence-corrected chi connectivity index (χ1v) is 8.49. The van der Waals surface area contributed by atoms with Crippen LogP contribution in [0.3, 0.4) is 0 Å². The minimum atomic E-state index is -0.0573. The average Bonchev–Trinajstić information content (AvgIpc) is 3.06. The summed E-state index contributed by atoms with van der Waals surface area (Å²) in [6.45, 7) is 3.33. The molecule has 0 N–H and O–H groups in total. The van der Waals surface area contributed by atoms with Crippen LogP contribution in [0, 0.1) is 0 Å². The molecular weight excluding hydrogens is 374 g/mol. The summed E-state index contributed by atoms with van der Waals surface area (Å²) in [4.78, 5) is 14.1. The van der Waals surface area contributed by atoms with E-state index in [4.69, 9.17) is 14.2 Å². The molecule has 1 aliphatic heterocycles. The maximum atomic E-state index is 12.4. The topological polar surface area (TPSA) is 48.0 Å². The zero-order chi connectivity index (χ0) is 16.9. The van der Waals surface area contributed by atoms with Gasteiger partial charge in [-0.1, -0.05) is 22.0 Å². The lowest BCUT2D eigenvalue weighted by Crippen LogP contribution is -2.34. The van der Waals surface area contributed by atoms with Crippen LogP contribution >= 0.6 is 15.9 Å². The van der Waals surface area contributed by atoms with Gasteiger partial charge in [0.2, 0.25) is 6.79 Å². The van der Waals surface area contributed by atoms with Crippen LogP contribution in [0.25, 0.3) is 0 Å². The molecular formula is C18H18BrNO4. The Hall–Kier alpha value is -2.21. The maximum Gasteiger partial charge on any atom is 0.260 e. The number of fused-ring (bicyclic) bond motifs is 1. The number of hydrogen-bond donors (Lipinski definition) is 0. The molecule has 0 spiro atoms. The third kappa shape index (κ3) is 4.00. The van der Waals surface area contributed by atoms with Crippen molar-refractivity contribution in [2.45, 2.75) is 13.5 Å². The standard InChI is InChI=1S/C18H18BrNO4/c1-2-20(10-13-3-8-16-17(9-13)24-12-23-16)18(21)11-22-15-6-4-14(19)5-7-15/h3-9H,2,10-12H2,1H3. The van der Waals surface area contributed by atoms with E-state index in [1.807, 2.05) is 49.4 Å². The summed E-state index contributed by atoms with van der Waals surface area (Å²) in [5, 5.41) is 0. The Morgan fingerprint density at radius 3 is 2.67 bits per heavy atom. The number of benzene rings is 2.